The number of rotatable bonds is 3. The van der Waals surface area contributed by atoms with Crippen LogP contribution in [0.4, 0.5) is 17.2 Å². The van der Waals surface area contributed by atoms with Crippen molar-refractivity contribution in [2.45, 2.75) is 20.3 Å². The summed E-state index contributed by atoms with van der Waals surface area (Å²) in [7, 11) is 2.08. The maximum atomic E-state index is 12.9. The molecule has 28 heavy (non-hydrogen) atoms. The van der Waals surface area contributed by atoms with Crippen LogP contribution in [0.1, 0.15) is 18.2 Å². The Morgan fingerprint density at radius 1 is 1.07 bits per heavy atom. The molecule has 0 aliphatic carbocycles. The fourth-order valence-corrected chi connectivity index (χ4v) is 3.79. The Morgan fingerprint density at radius 2 is 1.82 bits per heavy atom. The van der Waals surface area contributed by atoms with Gasteiger partial charge in [0.25, 0.3) is 5.91 Å². The van der Waals surface area contributed by atoms with E-state index in [1.54, 1.807) is 13.3 Å². The number of fused-ring (bicyclic) bond motifs is 1. The van der Waals surface area contributed by atoms with Gasteiger partial charge < -0.3 is 14.7 Å². The minimum absolute atomic E-state index is 0.0101. The van der Waals surface area contributed by atoms with Crippen LogP contribution in [0, 0.1) is 6.92 Å². The zero-order valence-electron chi connectivity index (χ0n) is 16.7. The van der Waals surface area contributed by atoms with Gasteiger partial charge in [-0.15, -0.1) is 0 Å². The van der Waals surface area contributed by atoms with Gasteiger partial charge in [-0.2, -0.15) is 0 Å². The lowest BCUT2D eigenvalue weighted by Crippen LogP contribution is -2.48. The predicted molar refractivity (Wildman–Crippen MR) is 111 cm³/mol. The van der Waals surface area contributed by atoms with Gasteiger partial charge in [0.15, 0.2) is 5.82 Å². The number of aryl methyl sites for hydroxylation is 1. The van der Waals surface area contributed by atoms with Crippen LogP contribution in [-0.4, -0.2) is 71.2 Å². The van der Waals surface area contributed by atoms with E-state index < -0.39 is 0 Å². The number of anilines is 2. The number of carbonyl (C=O) groups is 1. The topological polar surface area (TPSA) is 64.9 Å². The molecule has 0 unspecified atom stereocenters. The van der Waals surface area contributed by atoms with E-state index in [0.29, 0.717) is 11.4 Å². The van der Waals surface area contributed by atoms with Crippen molar-refractivity contribution in [3.8, 4) is 0 Å². The number of para-hydroxylation sites is 1. The monoisotopic (exact) mass is 378 g/mol. The highest BCUT2D eigenvalue weighted by Crippen LogP contribution is 2.38. The summed E-state index contributed by atoms with van der Waals surface area (Å²) in [5, 5.41) is 0. The van der Waals surface area contributed by atoms with E-state index in [-0.39, 0.29) is 5.91 Å². The van der Waals surface area contributed by atoms with Crippen molar-refractivity contribution in [1.82, 2.24) is 19.8 Å². The molecule has 0 atom stereocenters. The molecule has 3 heterocycles. The Morgan fingerprint density at radius 3 is 2.61 bits per heavy atom. The van der Waals surface area contributed by atoms with Gasteiger partial charge >= 0.3 is 0 Å². The van der Waals surface area contributed by atoms with Crippen LogP contribution in [0.15, 0.2) is 35.6 Å². The number of piperazine rings is 1. The molecule has 2 aliphatic rings. The molecule has 1 amide bonds. The van der Waals surface area contributed by atoms with E-state index >= 15 is 0 Å². The van der Waals surface area contributed by atoms with Crippen molar-refractivity contribution in [2.24, 2.45) is 4.99 Å². The molecule has 0 N–H and O–H groups in total. The Hall–Kier alpha value is -2.80. The average Bonchev–Trinajstić information content (AvgIpc) is 3.13. The fourth-order valence-electron chi connectivity index (χ4n) is 3.79. The smallest absolute Gasteiger partial charge is 0.268 e. The van der Waals surface area contributed by atoms with E-state index in [9.17, 15) is 4.79 Å². The van der Waals surface area contributed by atoms with E-state index in [0.717, 1.165) is 56.3 Å². The molecule has 7 heteroatoms. The summed E-state index contributed by atoms with van der Waals surface area (Å²) in [6.45, 7) is 7.81. The highest BCUT2D eigenvalue weighted by atomic mass is 16.2. The number of benzene rings is 1. The normalized spacial score (nSPS) is 17.8. The second-order valence-corrected chi connectivity index (χ2v) is 7.45. The minimum Gasteiger partial charge on any atom is -0.335 e. The second-order valence-electron chi connectivity index (χ2n) is 7.45. The summed E-state index contributed by atoms with van der Waals surface area (Å²) in [5.41, 5.74) is 4.40. The third-order valence-corrected chi connectivity index (χ3v) is 5.51. The lowest BCUT2D eigenvalue weighted by molar-refractivity contribution is -0.125. The molecule has 2 aliphatic heterocycles. The van der Waals surface area contributed by atoms with Crippen molar-refractivity contribution in [3.05, 3.63) is 41.9 Å². The molecule has 146 valence electrons. The Bertz CT molecular complexity index is 917. The molecule has 0 spiro atoms. The molecule has 1 saturated heterocycles. The quantitative estimate of drug-likeness (QED) is 0.767. The van der Waals surface area contributed by atoms with Crippen molar-refractivity contribution in [1.29, 1.82) is 0 Å². The first-order valence-electron chi connectivity index (χ1n) is 9.75. The van der Waals surface area contributed by atoms with Gasteiger partial charge in [0.2, 0.25) is 0 Å². The Kier molecular flexibility index (Phi) is 5.09. The maximum absolute atomic E-state index is 12.9. The zero-order chi connectivity index (χ0) is 19.7. The first kappa shape index (κ1) is 18.6. The van der Waals surface area contributed by atoms with Gasteiger partial charge in [-0.05, 0) is 38.9 Å². The van der Waals surface area contributed by atoms with Crippen molar-refractivity contribution >= 4 is 28.8 Å². The summed E-state index contributed by atoms with van der Waals surface area (Å²) in [6.07, 6.45) is 2.55. The Labute approximate surface area is 165 Å². The van der Waals surface area contributed by atoms with Crippen LogP contribution in [0.25, 0.3) is 0 Å². The number of nitrogens with zero attached hydrogens (tertiary/aromatic N) is 6. The third kappa shape index (κ3) is 3.49. The van der Waals surface area contributed by atoms with Crippen LogP contribution in [0.5, 0.6) is 0 Å². The minimum atomic E-state index is -0.0101. The predicted octanol–water partition coefficient (Wildman–Crippen LogP) is 2.35. The van der Waals surface area contributed by atoms with Gasteiger partial charge in [0.05, 0.1) is 5.69 Å². The number of likely N-dealkylation sites (N-methyl/N-ethyl adjacent to an activating group) is 1. The molecule has 0 radical (unpaired) electrons. The van der Waals surface area contributed by atoms with E-state index in [1.807, 2.05) is 17.9 Å². The average molecular weight is 378 g/mol. The summed E-state index contributed by atoms with van der Waals surface area (Å²) in [5.74, 6) is 0.757. The molecule has 0 bridgehead atoms. The molecule has 4 rings (SSSR count). The van der Waals surface area contributed by atoms with Crippen molar-refractivity contribution in [3.63, 3.8) is 0 Å². The molecular formula is C21H26N6O. The van der Waals surface area contributed by atoms with Crippen LogP contribution in [0.2, 0.25) is 0 Å². The summed E-state index contributed by atoms with van der Waals surface area (Å²) < 4.78 is 0. The van der Waals surface area contributed by atoms with Gasteiger partial charge in [0.1, 0.15) is 17.7 Å². The first-order chi connectivity index (χ1) is 13.5. The zero-order valence-corrected chi connectivity index (χ0v) is 16.7. The van der Waals surface area contributed by atoms with E-state index in [4.69, 9.17) is 4.99 Å². The summed E-state index contributed by atoms with van der Waals surface area (Å²) >= 11 is 0. The van der Waals surface area contributed by atoms with Crippen molar-refractivity contribution in [2.75, 3.05) is 44.7 Å². The van der Waals surface area contributed by atoms with E-state index in [2.05, 4.69) is 45.0 Å². The van der Waals surface area contributed by atoms with Crippen LogP contribution in [-0.2, 0) is 11.2 Å². The first-order valence-corrected chi connectivity index (χ1v) is 9.75. The summed E-state index contributed by atoms with van der Waals surface area (Å²) in [4.78, 5) is 32.7. The number of hydrogen-bond donors (Lipinski definition) is 0. The second kappa shape index (κ2) is 7.67. The van der Waals surface area contributed by atoms with Crippen LogP contribution in [0.3, 0.4) is 0 Å². The molecule has 2 aromatic rings. The summed E-state index contributed by atoms with van der Waals surface area (Å²) in [6, 6.07) is 8.35. The molecule has 1 fully saturated rings. The van der Waals surface area contributed by atoms with Gasteiger partial charge in [0, 0.05) is 38.4 Å². The third-order valence-electron chi connectivity index (χ3n) is 5.51. The van der Waals surface area contributed by atoms with Gasteiger partial charge in [-0.25, -0.2) is 15.0 Å². The number of carbonyl (C=O) groups excluding carboxylic acids is 1. The molecule has 7 nitrogen and oxygen atoms in total. The number of aromatic nitrogens is 2. The number of amides is 1. The SMILES string of the molecule is CC(=Nc1c(C)ncnc1N1CCc2ccccc21)C(=O)N1CCN(C)CC1. The van der Waals surface area contributed by atoms with E-state index in [1.165, 1.54) is 5.56 Å². The lowest BCUT2D eigenvalue weighted by atomic mass is 10.2. The standard InChI is InChI=1S/C21H26N6O/c1-15-19(24-16(2)21(28)26-12-10-25(3)11-13-26)20(23-14-22-15)27-9-8-17-6-4-5-7-18(17)27/h4-7,14H,8-13H2,1-3H3. The Balaban J connectivity index is 1.65. The molecular weight excluding hydrogens is 352 g/mol. The molecule has 1 aromatic heterocycles. The highest BCUT2D eigenvalue weighted by molar-refractivity contribution is 6.38. The van der Waals surface area contributed by atoms with Gasteiger partial charge in [-0.3, -0.25) is 4.79 Å². The highest BCUT2D eigenvalue weighted by Gasteiger charge is 2.26. The lowest BCUT2D eigenvalue weighted by Gasteiger charge is -2.32. The van der Waals surface area contributed by atoms with Crippen molar-refractivity contribution < 1.29 is 4.79 Å². The number of aliphatic imine (C=N–C) groups is 1. The van der Waals surface area contributed by atoms with Crippen LogP contribution < -0.4 is 4.90 Å². The number of hydrogen-bond acceptors (Lipinski definition) is 6. The van der Waals surface area contributed by atoms with Gasteiger partial charge in [-0.1, -0.05) is 18.2 Å². The largest absolute Gasteiger partial charge is 0.335 e. The molecule has 0 saturated carbocycles. The van der Waals surface area contributed by atoms with Crippen LogP contribution >= 0.6 is 0 Å². The molecule has 1 aromatic carbocycles. The fraction of sp³-hybridized carbons (Fsp3) is 0.429. The maximum Gasteiger partial charge on any atom is 0.268 e.